The van der Waals surface area contributed by atoms with E-state index in [4.69, 9.17) is 0 Å². The summed E-state index contributed by atoms with van der Waals surface area (Å²) in [6.07, 6.45) is 9.02. The third-order valence-electron chi connectivity index (χ3n) is 6.17. The monoisotopic (exact) mass is 340 g/mol. The smallest absolute Gasteiger partial charge is 0.227 e. The van der Waals surface area contributed by atoms with Crippen molar-refractivity contribution in [1.82, 2.24) is 20.2 Å². The van der Waals surface area contributed by atoms with Crippen molar-refractivity contribution in [3.05, 3.63) is 24.0 Å². The second-order valence-electron chi connectivity index (χ2n) is 7.90. The highest BCUT2D eigenvalue weighted by atomic mass is 16.3. The minimum atomic E-state index is 0.0792. The van der Waals surface area contributed by atoms with E-state index >= 15 is 0 Å². The highest BCUT2D eigenvalue weighted by Crippen LogP contribution is 2.52. The van der Waals surface area contributed by atoms with E-state index in [1.54, 1.807) is 6.20 Å². The molecule has 0 unspecified atom stereocenters. The van der Waals surface area contributed by atoms with Crippen LogP contribution in [0, 0.1) is 5.41 Å². The molecule has 0 radical (unpaired) electrons. The van der Waals surface area contributed by atoms with E-state index in [2.05, 4.69) is 36.4 Å². The largest absolute Gasteiger partial charge is 0.396 e. The Hall–Kier alpha value is -2.15. The number of hydrogen-bond acceptors (Lipinski definition) is 6. The number of nitrogens with one attached hydrogen (secondary N) is 2. The van der Waals surface area contributed by atoms with E-state index in [1.807, 2.05) is 6.07 Å². The van der Waals surface area contributed by atoms with Crippen molar-refractivity contribution in [3.8, 4) is 0 Å². The number of nitrogens with zero attached hydrogens (tertiary/aromatic N) is 4. The summed E-state index contributed by atoms with van der Waals surface area (Å²) in [6.45, 7) is 1.11. The van der Waals surface area contributed by atoms with Crippen LogP contribution >= 0.6 is 0 Å². The number of fused-ring (bicyclic) bond motifs is 1. The van der Waals surface area contributed by atoms with E-state index in [-0.39, 0.29) is 12.0 Å². The summed E-state index contributed by atoms with van der Waals surface area (Å²) in [7, 11) is 0. The molecule has 7 heteroatoms. The molecule has 3 N–H and O–H groups in total. The van der Waals surface area contributed by atoms with Gasteiger partial charge in [0.25, 0.3) is 0 Å². The lowest BCUT2D eigenvalue weighted by Crippen LogP contribution is -2.37. The van der Waals surface area contributed by atoms with Gasteiger partial charge in [0.2, 0.25) is 5.95 Å². The lowest BCUT2D eigenvalue weighted by molar-refractivity contribution is 0.0873. The van der Waals surface area contributed by atoms with Gasteiger partial charge >= 0.3 is 0 Å². The number of aromatic nitrogens is 4. The van der Waals surface area contributed by atoms with Crippen LogP contribution in [-0.2, 0) is 0 Å². The van der Waals surface area contributed by atoms with Crippen LogP contribution in [0.15, 0.2) is 18.3 Å². The molecular weight excluding hydrogens is 316 g/mol. The second kappa shape index (κ2) is 5.69. The molecule has 2 saturated heterocycles. The molecule has 0 aromatic carbocycles. The molecule has 2 aromatic rings. The lowest BCUT2D eigenvalue weighted by atomic mass is 9.71. The first-order valence-electron chi connectivity index (χ1n) is 9.28. The van der Waals surface area contributed by atoms with Gasteiger partial charge in [0.1, 0.15) is 5.82 Å². The molecule has 4 fully saturated rings. The molecule has 2 aliphatic carbocycles. The predicted molar refractivity (Wildman–Crippen MR) is 95.0 cm³/mol. The minimum absolute atomic E-state index is 0.0792. The minimum Gasteiger partial charge on any atom is -0.396 e. The number of hydrogen-bond donors (Lipinski definition) is 3. The Balaban J connectivity index is 1.31. The summed E-state index contributed by atoms with van der Waals surface area (Å²) >= 11 is 0. The van der Waals surface area contributed by atoms with Gasteiger partial charge in [-0.2, -0.15) is 10.1 Å². The first kappa shape index (κ1) is 15.1. The molecule has 4 heterocycles. The lowest BCUT2D eigenvalue weighted by Gasteiger charge is -2.34. The highest BCUT2D eigenvalue weighted by Gasteiger charge is 2.55. The molecule has 2 saturated carbocycles. The fourth-order valence-corrected chi connectivity index (χ4v) is 4.73. The van der Waals surface area contributed by atoms with Gasteiger partial charge < -0.3 is 15.3 Å². The molecule has 7 nitrogen and oxygen atoms in total. The van der Waals surface area contributed by atoms with Crippen LogP contribution in [0.4, 0.5) is 17.6 Å². The van der Waals surface area contributed by atoms with Gasteiger partial charge in [-0.05, 0) is 31.7 Å². The molecule has 132 valence electrons. The molecule has 6 rings (SSSR count). The average molecular weight is 340 g/mol. The van der Waals surface area contributed by atoms with Crippen molar-refractivity contribution < 1.29 is 5.11 Å². The zero-order valence-electron chi connectivity index (χ0n) is 14.3. The number of rotatable bonds is 5. The SMILES string of the molecule is OCC12CC(C1)N(c1nccc(Nc3cc(C4CCCC4)[nH]n3)n1)C2. The zero-order chi connectivity index (χ0) is 16.9. The molecule has 25 heavy (non-hydrogen) atoms. The summed E-state index contributed by atoms with van der Waals surface area (Å²) in [5.74, 6) is 2.94. The Morgan fingerprint density at radius 3 is 2.88 bits per heavy atom. The highest BCUT2D eigenvalue weighted by molar-refractivity contribution is 5.54. The van der Waals surface area contributed by atoms with Crippen molar-refractivity contribution in [3.63, 3.8) is 0 Å². The quantitative estimate of drug-likeness (QED) is 0.775. The van der Waals surface area contributed by atoms with Crippen molar-refractivity contribution in [2.24, 2.45) is 5.41 Å². The number of aliphatic hydroxyl groups excluding tert-OH is 1. The Kier molecular flexibility index (Phi) is 3.45. The zero-order valence-corrected chi connectivity index (χ0v) is 14.3. The molecule has 0 atom stereocenters. The maximum absolute atomic E-state index is 9.58. The number of aromatic amines is 1. The number of H-pyrrole nitrogens is 1. The van der Waals surface area contributed by atoms with Gasteiger partial charge in [-0.15, -0.1) is 0 Å². The Labute approximate surface area is 146 Å². The van der Waals surface area contributed by atoms with Crippen LogP contribution in [-0.4, -0.2) is 44.5 Å². The maximum Gasteiger partial charge on any atom is 0.227 e. The topological polar surface area (TPSA) is 90.0 Å². The van der Waals surface area contributed by atoms with Crippen LogP contribution in [0.3, 0.4) is 0 Å². The van der Waals surface area contributed by atoms with Crippen molar-refractivity contribution in [2.45, 2.75) is 50.5 Å². The number of anilines is 3. The van der Waals surface area contributed by atoms with Gasteiger partial charge in [0, 0.05) is 41.9 Å². The summed E-state index contributed by atoms with van der Waals surface area (Å²) < 4.78 is 0. The predicted octanol–water partition coefficient (Wildman–Crippen LogP) is 2.56. The summed E-state index contributed by atoms with van der Waals surface area (Å²) in [4.78, 5) is 11.3. The van der Waals surface area contributed by atoms with Gasteiger partial charge in [-0.3, -0.25) is 5.10 Å². The van der Waals surface area contributed by atoms with Gasteiger partial charge in [0.05, 0.1) is 6.61 Å². The molecular formula is C18H24N6O. The molecule has 2 bridgehead atoms. The first-order valence-corrected chi connectivity index (χ1v) is 9.28. The van der Waals surface area contributed by atoms with Gasteiger partial charge in [-0.1, -0.05) is 12.8 Å². The van der Waals surface area contributed by atoms with E-state index in [0.717, 1.165) is 37.0 Å². The van der Waals surface area contributed by atoms with Gasteiger partial charge in [-0.25, -0.2) is 4.98 Å². The molecule has 0 spiro atoms. The maximum atomic E-state index is 9.58. The third kappa shape index (κ3) is 2.57. The molecule has 4 aliphatic rings. The van der Waals surface area contributed by atoms with Crippen LogP contribution in [0.1, 0.15) is 50.1 Å². The van der Waals surface area contributed by atoms with Crippen LogP contribution < -0.4 is 10.2 Å². The summed E-state index contributed by atoms with van der Waals surface area (Å²) in [5.41, 5.74) is 1.30. The molecule has 2 aliphatic heterocycles. The van der Waals surface area contributed by atoms with E-state index < -0.39 is 0 Å². The van der Waals surface area contributed by atoms with E-state index in [0.29, 0.717) is 12.0 Å². The van der Waals surface area contributed by atoms with E-state index in [1.165, 1.54) is 31.4 Å². The van der Waals surface area contributed by atoms with Crippen LogP contribution in [0.2, 0.25) is 0 Å². The van der Waals surface area contributed by atoms with Crippen LogP contribution in [0.25, 0.3) is 0 Å². The van der Waals surface area contributed by atoms with Gasteiger partial charge in [0.15, 0.2) is 5.82 Å². The standard InChI is InChI=1S/C18H24N6O/c25-11-18-8-13(9-18)24(10-18)17-19-6-5-15(21-17)20-16-7-14(22-23-16)12-3-1-2-4-12/h5-7,12-13,25H,1-4,8-11H2,(H2,19,20,21,22,23). The fraction of sp³-hybridized carbons (Fsp3) is 0.611. The first-order chi connectivity index (χ1) is 12.2. The fourth-order valence-electron chi connectivity index (χ4n) is 4.73. The third-order valence-corrected chi connectivity index (χ3v) is 6.17. The molecule has 0 amide bonds. The van der Waals surface area contributed by atoms with Crippen molar-refractivity contribution >= 4 is 17.6 Å². The normalized spacial score (nSPS) is 28.4. The van der Waals surface area contributed by atoms with Crippen molar-refractivity contribution in [2.75, 3.05) is 23.4 Å². The Morgan fingerprint density at radius 1 is 1.28 bits per heavy atom. The van der Waals surface area contributed by atoms with Crippen LogP contribution in [0.5, 0.6) is 0 Å². The Bertz CT molecular complexity index is 762. The summed E-state index contributed by atoms with van der Waals surface area (Å²) in [6, 6.07) is 4.45. The Morgan fingerprint density at radius 2 is 2.12 bits per heavy atom. The summed E-state index contributed by atoms with van der Waals surface area (Å²) in [5, 5.41) is 20.4. The second-order valence-corrected chi connectivity index (χ2v) is 7.90. The average Bonchev–Trinajstić information content (AvgIpc) is 3.36. The number of aliphatic hydroxyl groups is 1. The van der Waals surface area contributed by atoms with Crippen molar-refractivity contribution in [1.29, 1.82) is 0 Å². The van der Waals surface area contributed by atoms with E-state index in [9.17, 15) is 5.11 Å². The molecule has 2 aromatic heterocycles.